The van der Waals surface area contributed by atoms with E-state index in [1.54, 1.807) is 0 Å². The number of hydrogen-bond donors (Lipinski definition) is 3. The fourth-order valence-corrected chi connectivity index (χ4v) is 2.72. The quantitative estimate of drug-likeness (QED) is 0.554. The van der Waals surface area contributed by atoms with E-state index in [1.165, 1.54) is 24.0 Å². The van der Waals surface area contributed by atoms with Gasteiger partial charge in [0.05, 0.1) is 12.6 Å². The molecule has 0 aromatic heterocycles. The zero-order chi connectivity index (χ0) is 14.7. The molecule has 1 saturated carbocycles. The first-order valence-electron chi connectivity index (χ1n) is 7.74. The standard InChI is InChI=1S/C16H24N4O/c17-16(19-14-5-6-14)18-9-12-3-1-2-4-13(12)10-20-8-7-15(21)11-20/h1-4,14-15,21H,5-11H2,(H3,17,18,19). The number of β-amino-alcohol motifs (C(OH)–C–C–N with tert-alkyl or cyclic N) is 1. The number of aliphatic hydroxyl groups is 1. The van der Waals surface area contributed by atoms with Crippen molar-refractivity contribution in [2.75, 3.05) is 13.1 Å². The van der Waals surface area contributed by atoms with Crippen molar-refractivity contribution in [1.82, 2.24) is 10.2 Å². The number of nitrogens with two attached hydrogens (primary N) is 1. The molecule has 1 aromatic carbocycles. The van der Waals surface area contributed by atoms with Gasteiger partial charge in [-0.1, -0.05) is 24.3 Å². The molecule has 1 heterocycles. The molecule has 0 bridgehead atoms. The predicted molar refractivity (Wildman–Crippen MR) is 83.8 cm³/mol. The molecule has 21 heavy (non-hydrogen) atoms. The van der Waals surface area contributed by atoms with Crippen LogP contribution in [0.1, 0.15) is 30.4 Å². The largest absolute Gasteiger partial charge is 0.392 e. The van der Waals surface area contributed by atoms with Gasteiger partial charge in [0.15, 0.2) is 5.96 Å². The summed E-state index contributed by atoms with van der Waals surface area (Å²) in [5.41, 5.74) is 8.37. The summed E-state index contributed by atoms with van der Waals surface area (Å²) in [4.78, 5) is 6.73. The third-order valence-corrected chi connectivity index (χ3v) is 4.11. The molecular weight excluding hydrogens is 264 g/mol. The van der Waals surface area contributed by atoms with Crippen LogP contribution in [-0.2, 0) is 13.1 Å². The number of hydrogen-bond acceptors (Lipinski definition) is 3. The fourth-order valence-electron chi connectivity index (χ4n) is 2.72. The number of nitrogens with one attached hydrogen (secondary N) is 1. The maximum Gasteiger partial charge on any atom is 0.189 e. The molecule has 0 amide bonds. The highest BCUT2D eigenvalue weighted by Crippen LogP contribution is 2.19. The molecule has 1 aliphatic carbocycles. The summed E-state index contributed by atoms with van der Waals surface area (Å²) < 4.78 is 0. The Balaban J connectivity index is 1.61. The average molecular weight is 288 g/mol. The van der Waals surface area contributed by atoms with Crippen LogP contribution in [0.4, 0.5) is 0 Å². The van der Waals surface area contributed by atoms with Gasteiger partial charge in [0, 0.05) is 25.7 Å². The summed E-state index contributed by atoms with van der Waals surface area (Å²) in [5, 5.41) is 12.8. The molecule has 2 fully saturated rings. The Hall–Kier alpha value is -1.59. The van der Waals surface area contributed by atoms with Crippen molar-refractivity contribution in [3.05, 3.63) is 35.4 Å². The second kappa shape index (κ2) is 6.45. The van der Waals surface area contributed by atoms with E-state index >= 15 is 0 Å². The highest BCUT2D eigenvalue weighted by molar-refractivity contribution is 5.78. The third-order valence-electron chi connectivity index (χ3n) is 4.11. The number of aliphatic hydroxyl groups excluding tert-OH is 1. The molecular formula is C16H24N4O. The van der Waals surface area contributed by atoms with E-state index in [0.717, 1.165) is 26.1 Å². The topological polar surface area (TPSA) is 73.9 Å². The summed E-state index contributed by atoms with van der Waals surface area (Å²) in [7, 11) is 0. The van der Waals surface area contributed by atoms with E-state index in [1.807, 2.05) is 6.07 Å². The Morgan fingerprint density at radius 2 is 2.05 bits per heavy atom. The average Bonchev–Trinajstić information content (AvgIpc) is 3.19. The molecule has 1 atom stereocenters. The van der Waals surface area contributed by atoms with Gasteiger partial charge in [-0.05, 0) is 30.4 Å². The lowest BCUT2D eigenvalue weighted by Crippen LogP contribution is -2.33. The molecule has 0 radical (unpaired) electrons. The van der Waals surface area contributed by atoms with Crippen molar-refractivity contribution in [1.29, 1.82) is 0 Å². The minimum atomic E-state index is -0.173. The molecule has 1 unspecified atom stereocenters. The van der Waals surface area contributed by atoms with E-state index in [9.17, 15) is 5.11 Å². The molecule has 5 nitrogen and oxygen atoms in total. The summed E-state index contributed by atoms with van der Waals surface area (Å²) >= 11 is 0. The van der Waals surface area contributed by atoms with Crippen LogP contribution in [0, 0.1) is 0 Å². The fraction of sp³-hybridized carbons (Fsp3) is 0.562. The van der Waals surface area contributed by atoms with E-state index in [-0.39, 0.29) is 6.10 Å². The monoisotopic (exact) mass is 288 g/mol. The van der Waals surface area contributed by atoms with Crippen LogP contribution >= 0.6 is 0 Å². The minimum absolute atomic E-state index is 0.173. The summed E-state index contributed by atoms with van der Waals surface area (Å²) in [6.45, 7) is 3.21. The van der Waals surface area contributed by atoms with Crippen LogP contribution < -0.4 is 11.1 Å². The predicted octanol–water partition coefficient (Wildman–Crippen LogP) is 0.820. The SMILES string of the molecule is NC(=NCc1ccccc1CN1CCC(O)C1)NC1CC1. The van der Waals surface area contributed by atoms with Crippen molar-refractivity contribution in [3.63, 3.8) is 0 Å². The summed E-state index contributed by atoms with van der Waals surface area (Å²) in [5.74, 6) is 0.545. The third kappa shape index (κ3) is 4.19. The van der Waals surface area contributed by atoms with Crippen molar-refractivity contribution < 1.29 is 5.11 Å². The first kappa shape index (κ1) is 14.4. The maximum atomic E-state index is 9.62. The van der Waals surface area contributed by atoms with Gasteiger partial charge in [0.2, 0.25) is 0 Å². The molecule has 0 spiro atoms. The Labute approximate surface area is 125 Å². The van der Waals surface area contributed by atoms with E-state index in [0.29, 0.717) is 18.5 Å². The molecule has 3 rings (SSSR count). The molecule has 2 aliphatic rings. The van der Waals surface area contributed by atoms with Gasteiger partial charge < -0.3 is 16.2 Å². The number of aliphatic imine (C=N–C) groups is 1. The van der Waals surface area contributed by atoms with Gasteiger partial charge >= 0.3 is 0 Å². The minimum Gasteiger partial charge on any atom is -0.392 e. The van der Waals surface area contributed by atoms with Gasteiger partial charge in [0.25, 0.3) is 0 Å². The second-order valence-electron chi connectivity index (χ2n) is 6.07. The lowest BCUT2D eigenvalue weighted by atomic mass is 10.1. The zero-order valence-corrected chi connectivity index (χ0v) is 12.3. The van der Waals surface area contributed by atoms with E-state index in [2.05, 4.69) is 33.4 Å². The first-order chi connectivity index (χ1) is 10.2. The lowest BCUT2D eigenvalue weighted by Gasteiger charge is -2.17. The molecule has 1 aliphatic heterocycles. The highest BCUT2D eigenvalue weighted by atomic mass is 16.3. The number of likely N-dealkylation sites (tertiary alicyclic amines) is 1. The lowest BCUT2D eigenvalue weighted by molar-refractivity contribution is 0.174. The Morgan fingerprint density at radius 3 is 2.71 bits per heavy atom. The highest BCUT2D eigenvalue weighted by Gasteiger charge is 2.22. The molecule has 1 aromatic rings. The molecule has 5 heteroatoms. The van der Waals surface area contributed by atoms with Crippen molar-refractivity contribution >= 4 is 5.96 Å². The summed E-state index contributed by atoms with van der Waals surface area (Å²) in [6.07, 6.45) is 3.10. The molecule has 1 saturated heterocycles. The van der Waals surface area contributed by atoms with Crippen LogP contribution in [-0.4, -0.2) is 41.2 Å². The van der Waals surface area contributed by atoms with Crippen molar-refractivity contribution in [2.24, 2.45) is 10.7 Å². The number of rotatable bonds is 5. The van der Waals surface area contributed by atoms with Crippen LogP contribution in [0.3, 0.4) is 0 Å². The van der Waals surface area contributed by atoms with Gasteiger partial charge in [-0.25, -0.2) is 4.99 Å². The number of benzene rings is 1. The normalized spacial score (nSPS) is 23.5. The van der Waals surface area contributed by atoms with Crippen LogP contribution in [0.15, 0.2) is 29.3 Å². The first-order valence-corrected chi connectivity index (χ1v) is 7.74. The van der Waals surface area contributed by atoms with Crippen LogP contribution in [0.5, 0.6) is 0 Å². The van der Waals surface area contributed by atoms with E-state index in [4.69, 9.17) is 5.73 Å². The Kier molecular flexibility index (Phi) is 4.41. The van der Waals surface area contributed by atoms with Crippen molar-refractivity contribution in [3.8, 4) is 0 Å². The molecule has 114 valence electrons. The van der Waals surface area contributed by atoms with Crippen LogP contribution in [0.25, 0.3) is 0 Å². The zero-order valence-electron chi connectivity index (χ0n) is 12.3. The van der Waals surface area contributed by atoms with E-state index < -0.39 is 0 Å². The number of guanidine groups is 1. The van der Waals surface area contributed by atoms with Gasteiger partial charge in [-0.3, -0.25) is 4.90 Å². The second-order valence-corrected chi connectivity index (χ2v) is 6.07. The van der Waals surface area contributed by atoms with Crippen molar-refractivity contribution in [2.45, 2.75) is 44.5 Å². The number of nitrogens with zero attached hydrogens (tertiary/aromatic N) is 2. The Morgan fingerprint density at radius 1 is 1.29 bits per heavy atom. The molecule has 4 N–H and O–H groups in total. The van der Waals surface area contributed by atoms with Crippen LogP contribution in [0.2, 0.25) is 0 Å². The maximum absolute atomic E-state index is 9.62. The Bertz CT molecular complexity index is 513. The smallest absolute Gasteiger partial charge is 0.189 e. The van der Waals surface area contributed by atoms with Gasteiger partial charge in [0.1, 0.15) is 0 Å². The van der Waals surface area contributed by atoms with Gasteiger partial charge in [-0.15, -0.1) is 0 Å². The van der Waals surface area contributed by atoms with Gasteiger partial charge in [-0.2, -0.15) is 0 Å². The summed E-state index contributed by atoms with van der Waals surface area (Å²) in [6, 6.07) is 8.88.